The molecule has 0 unspecified atom stereocenters. The summed E-state index contributed by atoms with van der Waals surface area (Å²) in [5.41, 5.74) is 1.18. The van der Waals surface area contributed by atoms with Crippen LogP contribution in [0.2, 0.25) is 0 Å². The van der Waals surface area contributed by atoms with Gasteiger partial charge in [-0.3, -0.25) is 0 Å². The number of nitrogens with one attached hydrogen (secondary N) is 2. The van der Waals surface area contributed by atoms with Crippen LogP contribution in [-0.4, -0.2) is 23.1 Å². The molecule has 0 saturated carbocycles. The smallest absolute Gasteiger partial charge is 0.372 e. The van der Waals surface area contributed by atoms with Gasteiger partial charge in [-0.2, -0.15) is 18.2 Å². The Morgan fingerprint density at radius 1 is 0.862 bits per heavy atom. The minimum absolute atomic E-state index is 0.0559. The molecule has 0 spiro atoms. The number of anilines is 5. The fraction of sp³-hybridized carbons (Fsp3) is 0.238. The van der Waals surface area contributed by atoms with Crippen molar-refractivity contribution >= 4 is 28.8 Å². The number of hydrogen-bond donors (Lipinski definition) is 2. The lowest BCUT2D eigenvalue weighted by Crippen LogP contribution is -2.17. The van der Waals surface area contributed by atoms with E-state index in [-0.39, 0.29) is 11.5 Å². The van der Waals surface area contributed by atoms with Crippen molar-refractivity contribution < 1.29 is 13.2 Å². The fourth-order valence-electron chi connectivity index (χ4n) is 3.33. The first-order chi connectivity index (χ1) is 14.0. The van der Waals surface area contributed by atoms with Gasteiger partial charge >= 0.3 is 6.18 Å². The zero-order valence-corrected chi connectivity index (χ0v) is 15.6. The number of aromatic nitrogens is 2. The van der Waals surface area contributed by atoms with Crippen molar-refractivity contribution in [3.63, 3.8) is 0 Å². The van der Waals surface area contributed by atoms with E-state index in [0.717, 1.165) is 24.8 Å². The van der Waals surface area contributed by atoms with Crippen LogP contribution in [0.1, 0.15) is 18.4 Å². The lowest BCUT2D eigenvalue weighted by Gasteiger charge is -2.18. The van der Waals surface area contributed by atoms with Gasteiger partial charge in [0.15, 0.2) is 0 Å². The van der Waals surface area contributed by atoms with E-state index in [4.69, 9.17) is 0 Å². The average Bonchev–Trinajstić information content (AvgIpc) is 3.23. The van der Waals surface area contributed by atoms with Gasteiger partial charge in [0.05, 0.1) is 11.3 Å². The predicted octanol–water partition coefficient (Wildman–Crippen LogP) is 5.58. The molecule has 150 valence electrons. The fourth-order valence-corrected chi connectivity index (χ4v) is 3.33. The molecule has 1 saturated heterocycles. The Hall–Kier alpha value is -3.29. The maximum atomic E-state index is 13.2. The van der Waals surface area contributed by atoms with Gasteiger partial charge in [-0.05, 0) is 55.3 Å². The first-order valence-corrected chi connectivity index (χ1v) is 9.37. The molecule has 8 heteroatoms. The van der Waals surface area contributed by atoms with Crippen LogP contribution in [0.5, 0.6) is 0 Å². The summed E-state index contributed by atoms with van der Waals surface area (Å²) in [7, 11) is 0. The van der Waals surface area contributed by atoms with Crippen LogP contribution in [0.25, 0.3) is 0 Å². The topological polar surface area (TPSA) is 53.1 Å². The molecule has 1 aliphatic heterocycles. The van der Waals surface area contributed by atoms with E-state index in [1.54, 1.807) is 6.07 Å². The van der Waals surface area contributed by atoms with Crippen LogP contribution >= 0.6 is 0 Å². The van der Waals surface area contributed by atoms with Gasteiger partial charge in [-0.15, -0.1) is 0 Å². The Balaban J connectivity index is 1.48. The van der Waals surface area contributed by atoms with Gasteiger partial charge in [0.1, 0.15) is 5.82 Å². The number of hydrogen-bond acceptors (Lipinski definition) is 5. The molecule has 5 nitrogen and oxygen atoms in total. The van der Waals surface area contributed by atoms with E-state index in [1.807, 2.05) is 24.3 Å². The highest BCUT2D eigenvalue weighted by Gasteiger charge is 2.33. The number of alkyl halides is 3. The third-order valence-electron chi connectivity index (χ3n) is 4.75. The van der Waals surface area contributed by atoms with E-state index in [1.165, 1.54) is 42.9 Å². The standard InChI is InChI=1S/C21H20F3N5/c22-21(23,24)17-5-1-2-6-18(17)27-19-11-12-25-20(28-19)26-15-7-9-16(10-8-15)29-13-3-4-14-29/h1-2,5-12H,3-4,13-14H2,(H2,25,26,27,28). The molecule has 1 fully saturated rings. The first-order valence-electron chi connectivity index (χ1n) is 9.37. The molecule has 1 aliphatic rings. The molecule has 1 aromatic heterocycles. The van der Waals surface area contributed by atoms with Crippen molar-refractivity contribution in [1.29, 1.82) is 0 Å². The predicted molar refractivity (Wildman–Crippen MR) is 108 cm³/mol. The lowest BCUT2D eigenvalue weighted by molar-refractivity contribution is -0.136. The number of rotatable bonds is 5. The Labute approximate surface area is 166 Å². The zero-order chi connectivity index (χ0) is 20.3. The molecular weight excluding hydrogens is 379 g/mol. The number of para-hydroxylation sites is 1. The maximum absolute atomic E-state index is 13.2. The van der Waals surface area contributed by atoms with Crippen LogP contribution < -0.4 is 15.5 Å². The van der Waals surface area contributed by atoms with Crippen LogP contribution in [0.4, 0.5) is 42.0 Å². The van der Waals surface area contributed by atoms with Crippen molar-refractivity contribution in [3.8, 4) is 0 Å². The highest BCUT2D eigenvalue weighted by molar-refractivity contribution is 5.64. The Kier molecular flexibility index (Phi) is 5.24. The Morgan fingerprint density at radius 2 is 1.59 bits per heavy atom. The molecule has 2 aromatic carbocycles. The monoisotopic (exact) mass is 399 g/mol. The van der Waals surface area contributed by atoms with Crippen molar-refractivity contribution in [2.75, 3.05) is 28.6 Å². The van der Waals surface area contributed by atoms with Gasteiger partial charge in [0, 0.05) is 30.7 Å². The van der Waals surface area contributed by atoms with Crippen LogP contribution in [0.3, 0.4) is 0 Å². The first kappa shape index (κ1) is 19.0. The summed E-state index contributed by atoms with van der Waals surface area (Å²) in [6.45, 7) is 2.14. The minimum Gasteiger partial charge on any atom is -0.372 e. The second-order valence-corrected chi connectivity index (χ2v) is 6.80. The van der Waals surface area contributed by atoms with E-state index in [2.05, 4.69) is 25.5 Å². The van der Waals surface area contributed by atoms with E-state index in [0.29, 0.717) is 5.95 Å². The molecule has 3 aromatic rings. The Morgan fingerprint density at radius 3 is 2.31 bits per heavy atom. The van der Waals surface area contributed by atoms with E-state index >= 15 is 0 Å². The molecular formula is C21H20F3N5. The van der Waals surface area contributed by atoms with Gasteiger partial charge < -0.3 is 15.5 Å². The third kappa shape index (κ3) is 4.59. The molecule has 0 amide bonds. The average molecular weight is 399 g/mol. The van der Waals surface area contributed by atoms with Gasteiger partial charge in [0.2, 0.25) is 5.95 Å². The molecule has 2 N–H and O–H groups in total. The molecule has 2 heterocycles. The summed E-state index contributed by atoms with van der Waals surface area (Å²) in [4.78, 5) is 10.8. The zero-order valence-electron chi connectivity index (χ0n) is 15.6. The highest BCUT2D eigenvalue weighted by Crippen LogP contribution is 2.35. The summed E-state index contributed by atoms with van der Waals surface area (Å²) in [5.74, 6) is 0.571. The van der Waals surface area contributed by atoms with E-state index < -0.39 is 11.7 Å². The molecule has 29 heavy (non-hydrogen) atoms. The minimum atomic E-state index is -4.45. The van der Waals surface area contributed by atoms with Gasteiger partial charge in [-0.25, -0.2) is 4.98 Å². The molecule has 4 rings (SSSR count). The highest BCUT2D eigenvalue weighted by atomic mass is 19.4. The Bertz CT molecular complexity index is 967. The van der Waals surface area contributed by atoms with Crippen LogP contribution in [-0.2, 0) is 6.18 Å². The molecule has 0 bridgehead atoms. The number of halogens is 3. The van der Waals surface area contributed by atoms with Crippen molar-refractivity contribution in [3.05, 3.63) is 66.4 Å². The quantitative estimate of drug-likeness (QED) is 0.586. The largest absolute Gasteiger partial charge is 0.418 e. The molecule has 0 atom stereocenters. The third-order valence-corrected chi connectivity index (χ3v) is 4.75. The SMILES string of the molecule is FC(F)(F)c1ccccc1Nc1ccnc(Nc2ccc(N3CCCC3)cc2)n1. The van der Waals surface area contributed by atoms with Crippen LogP contribution in [0, 0.1) is 0 Å². The van der Waals surface area contributed by atoms with Crippen molar-refractivity contribution in [2.45, 2.75) is 19.0 Å². The summed E-state index contributed by atoms with van der Waals surface area (Å²) in [5, 5.41) is 5.82. The lowest BCUT2D eigenvalue weighted by atomic mass is 10.1. The van der Waals surface area contributed by atoms with Gasteiger partial charge in [-0.1, -0.05) is 12.1 Å². The second-order valence-electron chi connectivity index (χ2n) is 6.80. The maximum Gasteiger partial charge on any atom is 0.418 e. The normalized spacial score (nSPS) is 14.1. The van der Waals surface area contributed by atoms with Gasteiger partial charge in [0.25, 0.3) is 0 Å². The van der Waals surface area contributed by atoms with E-state index in [9.17, 15) is 13.2 Å². The van der Waals surface area contributed by atoms with Crippen LogP contribution in [0.15, 0.2) is 60.8 Å². The summed E-state index contributed by atoms with van der Waals surface area (Å²) >= 11 is 0. The summed E-state index contributed by atoms with van der Waals surface area (Å²) in [6, 6.07) is 14.8. The summed E-state index contributed by atoms with van der Waals surface area (Å²) in [6.07, 6.45) is -0.530. The summed E-state index contributed by atoms with van der Waals surface area (Å²) < 4.78 is 39.5. The van der Waals surface area contributed by atoms with Crippen molar-refractivity contribution in [2.24, 2.45) is 0 Å². The van der Waals surface area contributed by atoms with Crippen molar-refractivity contribution in [1.82, 2.24) is 9.97 Å². The molecule has 0 radical (unpaired) electrons. The molecule has 0 aliphatic carbocycles. The number of benzene rings is 2. The number of nitrogens with zero attached hydrogens (tertiary/aromatic N) is 3. The second kappa shape index (κ2) is 7.98.